The Kier molecular flexibility index (Phi) is 6.12. The van der Waals surface area contributed by atoms with Gasteiger partial charge in [-0.05, 0) is 42.0 Å². The first-order valence-corrected chi connectivity index (χ1v) is 9.48. The maximum absolute atomic E-state index is 12.5. The molecular formula is C20H18BrClN2O2. The van der Waals surface area contributed by atoms with Crippen LogP contribution in [0.5, 0.6) is 0 Å². The normalized spacial score (nSPS) is 14.7. The molecule has 1 aliphatic rings. The first-order valence-electron chi connectivity index (χ1n) is 8.31. The number of carbonyl (C=O) groups is 2. The second-order valence-electron chi connectivity index (χ2n) is 5.98. The average molecular weight is 434 g/mol. The van der Waals surface area contributed by atoms with E-state index < -0.39 is 0 Å². The van der Waals surface area contributed by atoms with E-state index in [9.17, 15) is 9.59 Å². The molecule has 0 saturated carbocycles. The van der Waals surface area contributed by atoms with Crippen LogP contribution in [0.25, 0.3) is 6.08 Å². The Morgan fingerprint density at radius 2 is 1.54 bits per heavy atom. The fraction of sp³-hybridized carbons (Fsp3) is 0.200. The van der Waals surface area contributed by atoms with Crippen molar-refractivity contribution in [3.63, 3.8) is 0 Å². The summed E-state index contributed by atoms with van der Waals surface area (Å²) in [7, 11) is 0. The second-order valence-corrected chi connectivity index (χ2v) is 7.27. The van der Waals surface area contributed by atoms with Gasteiger partial charge in [0.25, 0.3) is 5.91 Å². The quantitative estimate of drug-likeness (QED) is 0.684. The number of hydrogen-bond acceptors (Lipinski definition) is 2. The van der Waals surface area contributed by atoms with Crippen LogP contribution in [-0.2, 0) is 4.79 Å². The molecular weight excluding hydrogens is 416 g/mol. The lowest BCUT2D eigenvalue weighted by Gasteiger charge is -2.34. The zero-order chi connectivity index (χ0) is 18.5. The summed E-state index contributed by atoms with van der Waals surface area (Å²) >= 11 is 9.33. The fourth-order valence-corrected chi connectivity index (χ4v) is 3.32. The Bertz CT molecular complexity index is 828. The number of halogens is 2. The van der Waals surface area contributed by atoms with Crippen LogP contribution in [0.1, 0.15) is 15.9 Å². The zero-order valence-corrected chi connectivity index (χ0v) is 16.4. The highest BCUT2D eigenvalue weighted by molar-refractivity contribution is 9.10. The molecule has 1 saturated heterocycles. The lowest BCUT2D eigenvalue weighted by atomic mass is 10.1. The third kappa shape index (κ3) is 4.54. The molecule has 1 aliphatic heterocycles. The molecule has 1 fully saturated rings. The van der Waals surface area contributed by atoms with E-state index in [4.69, 9.17) is 11.6 Å². The topological polar surface area (TPSA) is 40.6 Å². The van der Waals surface area contributed by atoms with Gasteiger partial charge in [0.1, 0.15) is 0 Å². The van der Waals surface area contributed by atoms with Gasteiger partial charge in [0.05, 0.1) is 0 Å². The predicted octanol–water partition coefficient (Wildman–Crippen LogP) is 4.10. The van der Waals surface area contributed by atoms with Crippen LogP contribution < -0.4 is 0 Å². The van der Waals surface area contributed by atoms with E-state index in [0.717, 1.165) is 10.0 Å². The molecule has 3 rings (SSSR count). The smallest absolute Gasteiger partial charge is 0.253 e. The van der Waals surface area contributed by atoms with Crippen LogP contribution in [0, 0.1) is 0 Å². The second kappa shape index (κ2) is 8.52. The number of rotatable bonds is 3. The summed E-state index contributed by atoms with van der Waals surface area (Å²) < 4.78 is 0.947. The summed E-state index contributed by atoms with van der Waals surface area (Å²) in [5.41, 5.74) is 1.57. The van der Waals surface area contributed by atoms with E-state index >= 15 is 0 Å². The average Bonchev–Trinajstić information content (AvgIpc) is 2.67. The van der Waals surface area contributed by atoms with Gasteiger partial charge in [-0.3, -0.25) is 9.59 Å². The molecule has 26 heavy (non-hydrogen) atoms. The standard InChI is InChI=1S/C20H18BrClN2O2/c21-18-4-2-1-3-15(18)7-10-19(25)23-11-13-24(14-12-23)20(26)16-5-8-17(22)9-6-16/h1-10H,11-14H2/b10-7+. The number of amides is 2. The third-order valence-corrected chi connectivity index (χ3v) is 5.25. The Labute approximate surface area is 166 Å². The summed E-state index contributed by atoms with van der Waals surface area (Å²) in [6, 6.07) is 14.6. The van der Waals surface area contributed by atoms with Crippen molar-refractivity contribution in [2.45, 2.75) is 0 Å². The molecule has 0 unspecified atom stereocenters. The molecule has 2 aromatic carbocycles. The summed E-state index contributed by atoms with van der Waals surface area (Å²) in [5, 5.41) is 0.605. The lowest BCUT2D eigenvalue weighted by molar-refractivity contribution is -0.127. The molecule has 134 valence electrons. The highest BCUT2D eigenvalue weighted by atomic mass is 79.9. The number of hydrogen-bond donors (Lipinski definition) is 0. The molecule has 0 spiro atoms. The van der Waals surface area contributed by atoms with Crippen molar-refractivity contribution in [1.82, 2.24) is 9.80 Å². The van der Waals surface area contributed by atoms with Gasteiger partial charge in [0.2, 0.25) is 5.91 Å². The lowest BCUT2D eigenvalue weighted by Crippen LogP contribution is -2.50. The Morgan fingerprint density at radius 3 is 2.19 bits per heavy atom. The SMILES string of the molecule is O=C(/C=C/c1ccccc1Br)N1CCN(C(=O)c2ccc(Cl)cc2)CC1. The summed E-state index contributed by atoms with van der Waals surface area (Å²) in [4.78, 5) is 28.4. The molecule has 4 nitrogen and oxygen atoms in total. The van der Waals surface area contributed by atoms with Crippen molar-refractivity contribution in [3.05, 3.63) is 75.2 Å². The van der Waals surface area contributed by atoms with Gasteiger partial charge < -0.3 is 9.80 Å². The predicted molar refractivity (Wildman–Crippen MR) is 107 cm³/mol. The van der Waals surface area contributed by atoms with Crippen LogP contribution in [0.15, 0.2) is 59.1 Å². The Hall–Kier alpha value is -2.11. The monoisotopic (exact) mass is 432 g/mol. The van der Waals surface area contributed by atoms with Gasteiger partial charge in [0, 0.05) is 47.3 Å². The highest BCUT2D eigenvalue weighted by Gasteiger charge is 2.23. The van der Waals surface area contributed by atoms with Gasteiger partial charge in [-0.2, -0.15) is 0 Å². The third-order valence-electron chi connectivity index (χ3n) is 4.28. The number of benzene rings is 2. The highest BCUT2D eigenvalue weighted by Crippen LogP contribution is 2.18. The molecule has 0 aromatic heterocycles. The largest absolute Gasteiger partial charge is 0.336 e. The van der Waals surface area contributed by atoms with E-state index in [2.05, 4.69) is 15.9 Å². The van der Waals surface area contributed by atoms with Crippen molar-refractivity contribution in [2.75, 3.05) is 26.2 Å². The minimum atomic E-state index is -0.0423. The zero-order valence-electron chi connectivity index (χ0n) is 14.1. The Balaban J connectivity index is 1.56. The van der Waals surface area contributed by atoms with Crippen LogP contribution in [-0.4, -0.2) is 47.8 Å². The van der Waals surface area contributed by atoms with Crippen molar-refractivity contribution >= 4 is 45.4 Å². The van der Waals surface area contributed by atoms with Crippen molar-refractivity contribution < 1.29 is 9.59 Å². The Morgan fingerprint density at radius 1 is 0.923 bits per heavy atom. The van der Waals surface area contributed by atoms with Crippen LogP contribution in [0.4, 0.5) is 0 Å². The van der Waals surface area contributed by atoms with Gasteiger partial charge >= 0.3 is 0 Å². The van der Waals surface area contributed by atoms with E-state index in [0.29, 0.717) is 36.8 Å². The van der Waals surface area contributed by atoms with Crippen molar-refractivity contribution in [1.29, 1.82) is 0 Å². The van der Waals surface area contributed by atoms with Crippen molar-refractivity contribution in [2.24, 2.45) is 0 Å². The molecule has 0 radical (unpaired) electrons. The van der Waals surface area contributed by atoms with E-state index in [-0.39, 0.29) is 11.8 Å². The van der Waals surface area contributed by atoms with Gasteiger partial charge in [-0.15, -0.1) is 0 Å². The van der Waals surface area contributed by atoms with Crippen molar-refractivity contribution in [3.8, 4) is 0 Å². The molecule has 0 bridgehead atoms. The molecule has 6 heteroatoms. The van der Waals surface area contributed by atoms with Gasteiger partial charge in [-0.1, -0.05) is 45.7 Å². The minimum absolute atomic E-state index is 0.0301. The maximum Gasteiger partial charge on any atom is 0.253 e. The molecule has 2 aromatic rings. The molecule has 2 amide bonds. The number of carbonyl (C=O) groups excluding carboxylic acids is 2. The first kappa shape index (κ1) is 18.7. The van der Waals surface area contributed by atoms with Gasteiger partial charge in [0.15, 0.2) is 0 Å². The maximum atomic E-state index is 12.5. The summed E-state index contributed by atoms with van der Waals surface area (Å²) in [6.45, 7) is 2.10. The van der Waals surface area contributed by atoms with Crippen LogP contribution in [0.3, 0.4) is 0 Å². The van der Waals surface area contributed by atoms with Gasteiger partial charge in [-0.25, -0.2) is 0 Å². The molecule has 0 aliphatic carbocycles. The van der Waals surface area contributed by atoms with E-state index in [1.54, 1.807) is 46.2 Å². The number of nitrogens with zero attached hydrogens (tertiary/aromatic N) is 2. The molecule has 1 heterocycles. The molecule has 0 atom stereocenters. The minimum Gasteiger partial charge on any atom is -0.336 e. The van der Waals surface area contributed by atoms with Crippen LogP contribution in [0.2, 0.25) is 5.02 Å². The molecule has 0 N–H and O–H groups in total. The summed E-state index contributed by atoms with van der Waals surface area (Å²) in [5.74, 6) is -0.0723. The number of piperazine rings is 1. The van der Waals surface area contributed by atoms with E-state index in [1.807, 2.05) is 24.3 Å². The first-order chi connectivity index (χ1) is 12.5. The van der Waals surface area contributed by atoms with Crippen LogP contribution >= 0.6 is 27.5 Å². The summed E-state index contributed by atoms with van der Waals surface area (Å²) in [6.07, 6.45) is 3.38. The van der Waals surface area contributed by atoms with E-state index in [1.165, 1.54) is 0 Å². The fourth-order valence-electron chi connectivity index (χ4n) is 2.78.